The van der Waals surface area contributed by atoms with Crippen molar-refractivity contribution in [3.8, 4) is 17.1 Å². The van der Waals surface area contributed by atoms with Crippen molar-refractivity contribution in [1.82, 2.24) is 19.5 Å². The van der Waals surface area contributed by atoms with Gasteiger partial charge in [-0.2, -0.15) is 0 Å². The second kappa shape index (κ2) is 7.11. The molecule has 6 nitrogen and oxygen atoms in total. The van der Waals surface area contributed by atoms with Gasteiger partial charge in [-0.15, -0.1) is 0 Å². The van der Waals surface area contributed by atoms with Gasteiger partial charge in [-0.3, -0.25) is 9.56 Å². The van der Waals surface area contributed by atoms with Gasteiger partial charge in [0.05, 0.1) is 11.3 Å². The number of nitrogens with one attached hydrogen (secondary N) is 1. The number of hydrogen-bond acceptors (Lipinski definition) is 5. The second-order valence-corrected chi connectivity index (χ2v) is 6.43. The number of aliphatic imine (C=N–C) groups is 1. The maximum absolute atomic E-state index is 13.4. The standard InChI is InChI=1S/C20H19FN6/c1-13-18(9-10-22-2)26-19(27(13)17-7-3-15(21)4-8-17)14-11-23-20(24-12-14)25-16-5-6-16/h3-4,7-12,16H,2,5-6H2,1H3,(H,23,24,25)/b10-9-. The van der Waals surface area contributed by atoms with Crippen LogP contribution in [0.2, 0.25) is 0 Å². The SMILES string of the molecule is C=N/C=C\c1nc(-c2cnc(NC3CC3)nc2)n(-c2ccc(F)cc2)c1C. The number of anilines is 1. The van der Waals surface area contributed by atoms with E-state index in [9.17, 15) is 4.39 Å². The molecule has 0 saturated heterocycles. The van der Waals surface area contributed by atoms with Gasteiger partial charge in [0.15, 0.2) is 0 Å². The predicted molar refractivity (Wildman–Crippen MR) is 105 cm³/mol. The minimum Gasteiger partial charge on any atom is -0.351 e. The van der Waals surface area contributed by atoms with E-state index in [2.05, 4.69) is 27.0 Å². The first kappa shape index (κ1) is 17.1. The molecule has 1 aliphatic rings. The Morgan fingerprint density at radius 3 is 2.56 bits per heavy atom. The number of benzene rings is 1. The summed E-state index contributed by atoms with van der Waals surface area (Å²) in [7, 11) is 0. The summed E-state index contributed by atoms with van der Waals surface area (Å²) in [5.41, 5.74) is 3.23. The third-order valence-electron chi connectivity index (χ3n) is 4.39. The van der Waals surface area contributed by atoms with Crippen LogP contribution in [0.3, 0.4) is 0 Å². The smallest absolute Gasteiger partial charge is 0.222 e. The third-order valence-corrected chi connectivity index (χ3v) is 4.39. The van der Waals surface area contributed by atoms with E-state index >= 15 is 0 Å². The highest BCUT2D eigenvalue weighted by Gasteiger charge is 2.22. The molecule has 1 aromatic carbocycles. The van der Waals surface area contributed by atoms with E-state index in [0.29, 0.717) is 17.8 Å². The number of aromatic nitrogens is 4. The van der Waals surface area contributed by atoms with E-state index in [1.807, 2.05) is 11.5 Å². The summed E-state index contributed by atoms with van der Waals surface area (Å²) in [5.74, 6) is 1.02. The Kier molecular flexibility index (Phi) is 4.50. The Morgan fingerprint density at radius 1 is 1.22 bits per heavy atom. The minimum atomic E-state index is -0.284. The first-order valence-electron chi connectivity index (χ1n) is 8.72. The minimum absolute atomic E-state index is 0.284. The Balaban J connectivity index is 1.78. The summed E-state index contributed by atoms with van der Waals surface area (Å²) in [5, 5.41) is 3.27. The van der Waals surface area contributed by atoms with Crippen LogP contribution in [0.4, 0.5) is 10.3 Å². The number of halogens is 1. The van der Waals surface area contributed by atoms with Crippen LogP contribution < -0.4 is 5.32 Å². The first-order valence-corrected chi connectivity index (χ1v) is 8.72. The van der Waals surface area contributed by atoms with Crippen LogP contribution in [0.5, 0.6) is 0 Å². The quantitative estimate of drug-likeness (QED) is 0.673. The number of hydrogen-bond donors (Lipinski definition) is 1. The molecule has 0 aliphatic heterocycles. The molecule has 1 fully saturated rings. The topological polar surface area (TPSA) is 68.0 Å². The zero-order chi connectivity index (χ0) is 18.8. The molecule has 2 heterocycles. The summed E-state index contributed by atoms with van der Waals surface area (Å²) >= 11 is 0. The predicted octanol–water partition coefficient (Wildman–Crippen LogP) is 4.02. The molecular formula is C20H19FN6. The molecule has 0 unspecified atom stereocenters. The van der Waals surface area contributed by atoms with Crippen molar-refractivity contribution >= 4 is 18.7 Å². The highest BCUT2D eigenvalue weighted by Crippen LogP contribution is 2.28. The Labute approximate surface area is 156 Å². The molecule has 1 N–H and O–H groups in total. The Hall–Kier alpha value is -3.35. The molecule has 2 aromatic heterocycles. The van der Waals surface area contributed by atoms with Crippen LogP contribution in [0, 0.1) is 12.7 Å². The monoisotopic (exact) mass is 362 g/mol. The van der Waals surface area contributed by atoms with Crippen molar-refractivity contribution in [1.29, 1.82) is 0 Å². The third kappa shape index (κ3) is 3.62. The van der Waals surface area contributed by atoms with Crippen LogP contribution in [-0.2, 0) is 0 Å². The highest BCUT2D eigenvalue weighted by molar-refractivity contribution is 5.63. The maximum Gasteiger partial charge on any atom is 0.222 e. The fraction of sp³-hybridized carbons (Fsp3) is 0.200. The molecule has 136 valence electrons. The lowest BCUT2D eigenvalue weighted by Gasteiger charge is -2.10. The molecule has 7 heteroatoms. The molecule has 3 aromatic rings. The fourth-order valence-corrected chi connectivity index (χ4v) is 2.83. The summed E-state index contributed by atoms with van der Waals surface area (Å²) in [4.78, 5) is 17.3. The van der Waals surface area contributed by atoms with Crippen molar-refractivity contribution in [3.05, 3.63) is 60.1 Å². The van der Waals surface area contributed by atoms with E-state index < -0.39 is 0 Å². The van der Waals surface area contributed by atoms with Gasteiger partial charge in [0.2, 0.25) is 5.95 Å². The van der Waals surface area contributed by atoms with Crippen LogP contribution in [0.25, 0.3) is 23.2 Å². The van der Waals surface area contributed by atoms with Crippen molar-refractivity contribution in [2.24, 2.45) is 4.99 Å². The molecular weight excluding hydrogens is 343 g/mol. The lowest BCUT2D eigenvalue weighted by atomic mass is 10.2. The van der Waals surface area contributed by atoms with E-state index in [-0.39, 0.29) is 5.82 Å². The molecule has 0 spiro atoms. The van der Waals surface area contributed by atoms with Crippen molar-refractivity contribution in [3.63, 3.8) is 0 Å². The van der Waals surface area contributed by atoms with Gasteiger partial charge in [0.1, 0.15) is 11.6 Å². The largest absolute Gasteiger partial charge is 0.351 e. The Bertz CT molecular complexity index is 985. The maximum atomic E-state index is 13.4. The second-order valence-electron chi connectivity index (χ2n) is 6.43. The van der Waals surface area contributed by atoms with E-state index in [1.165, 1.54) is 12.1 Å². The van der Waals surface area contributed by atoms with Crippen molar-refractivity contribution in [2.45, 2.75) is 25.8 Å². The first-order chi connectivity index (χ1) is 13.2. The van der Waals surface area contributed by atoms with E-state index in [0.717, 1.165) is 35.5 Å². The average molecular weight is 362 g/mol. The van der Waals surface area contributed by atoms with Crippen LogP contribution in [0.1, 0.15) is 24.2 Å². The molecule has 1 aliphatic carbocycles. The molecule has 27 heavy (non-hydrogen) atoms. The zero-order valence-corrected chi connectivity index (χ0v) is 14.9. The van der Waals surface area contributed by atoms with Gasteiger partial charge >= 0.3 is 0 Å². The lowest BCUT2D eigenvalue weighted by molar-refractivity contribution is 0.627. The van der Waals surface area contributed by atoms with Gasteiger partial charge in [0, 0.05) is 36.0 Å². The molecule has 0 radical (unpaired) electrons. The molecule has 0 amide bonds. The van der Waals surface area contributed by atoms with Gasteiger partial charge in [-0.25, -0.2) is 19.3 Å². The van der Waals surface area contributed by atoms with Crippen LogP contribution >= 0.6 is 0 Å². The normalized spacial score (nSPS) is 13.9. The fourth-order valence-electron chi connectivity index (χ4n) is 2.83. The lowest BCUT2D eigenvalue weighted by Crippen LogP contribution is -2.05. The van der Waals surface area contributed by atoms with Crippen LogP contribution in [-0.4, -0.2) is 32.3 Å². The van der Waals surface area contributed by atoms with Crippen LogP contribution in [0.15, 0.2) is 47.9 Å². The van der Waals surface area contributed by atoms with Gasteiger partial charge in [0.25, 0.3) is 0 Å². The molecule has 0 atom stereocenters. The summed E-state index contributed by atoms with van der Waals surface area (Å²) in [6.45, 7) is 5.41. The van der Waals surface area contributed by atoms with Gasteiger partial charge in [-0.1, -0.05) is 0 Å². The number of imidazole rings is 1. The number of nitrogens with zero attached hydrogens (tertiary/aromatic N) is 5. The zero-order valence-electron chi connectivity index (χ0n) is 14.9. The molecule has 4 rings (SSSR count). The Morgan fingerprint density at radius 2 is 1.93 bits per heavy atom. The number of rotatable bonds is 6. The molecule has 0 bridgehead atoms. The summed E-state index contributed by atoms with van der Waals surface area (Å²) in [6.07, 6.45) is 9.19. The molecule has 1 saturated carbocycles. The van der Waals surface area contributed by atoms with Crippen molar-refractivity contribution < 1.29 is 4.39 Å². The van der Waals surface area contributed by atoms with Gasteiger partial charge < -0.3 is 5.32 Å². The van der Waals surface area contributed by atoms with Crippen molar-refractivity contribution in [2.75, 3.05) is 5.32 Å². The van der Waals surface area contributed by atoms with E-state index in [4.69, 9.17) is 4.98 Å². The average Bonchev–Trinajstić information content (AvgIpc) is 3.44. The highest BCUT2D eigenvalue weighted by atomic mass is 19.1. The summed E-state index contributed by atoms with van der Waals surface area (Å²) < 4.78 is 15.3. The summed E-state index contributed by atoms with van der Waals surface area (Å²) in [6, 6.07) is 6.78. The van der Waals surface area contributed by atoms with E-state index in [1.54, 1.807) is 36.8 Å². The van der Waals surface area contributed by atoms with Gasteiger partial charge in [-0.05, 0) is 56.8 Å².